The Bertz CT molecular complexity index is 591. The zero-order valence-electron chi connectivity index (χ0n) is 11.7. The maximum absolute atomic E-state index is 11.6. The minimum atomic E-state index is -3.98. The molecule has 21 heavy (non-hydrogen) atoms. The molecule has 0 aromatic heterocycles. The van der Waals surface area contributed by atoms with Gasteiger partial charge in [0.05, 0.1) is 13.2 Å². The normalized spacial score (nSPS) is 11.0. The van der Waals surface area contributed by atoms with Crippen LogP contribution < -0.4 is 15.4 Å². The van der Waals surface area contributed by atoms with Crippen LogP contribution in [0.2, 0.25) is 0 Å². The Hall–Kier alpha value is -1.51. The van der Waals surface area contributed by atoms with E-state index in [1.165, 1.54) is 25.3 Å². The third-order valence-electron chi connectivity index (χ3n) is 2.36. The summed E-state index contributed by atoms with van der Waals surface area (Å²) >= 11 is 0. The summed E-state index contributed by atoms with van der Waals surface area (Å²) in [5.74, 6) is 0.137. The molecule has 0 unspecified atom stereocenters. The van der Waals surface area contributed by atoms with Crippen molar-refractivity contribution >= 4 is 31.5 Å². The Labute approximate surface area is 128 Å². The summed E-state index contributed by atoms with van der Waals surface area (Å²) in [5.41, 5.74) is 0.285. The van der Waals surface area contributed by atoms with E-state index in [1.807, 2.05) is 0 Å². The molecule has 118 valence electrons. The number of carbonyl (C=O) groups excluding carboxylic acids is 1. The van der Waals surface area contributed by atoms with Crippen LogP contribution in [0.4, 0.5) is 10.5 Å². The zero-order valence-corrected chi connectivity index (χ0v) is 13.3. The van der Waals surface area contributed by atoms with Crippen LogP contribution >= 0.6 is 10.7 Å². The lowest BCUT2D eigenvalue weighted by molar-refractivity contribution is 0.198. The molecule has 1 rings (SSSR count). The number of urea groups is 1. The van der Waals surface area contributed by atoms with Crippen LogP contribution in [0.15, 0.2) is 23.1 Å². The van der Waals surface area contributed by atoms with Crippen molar-refractivity contribution in [2.45, 2.75) is 11.8 Å². The van der Waals surface area contributed by atoms with Crippen molar-refractivity contribution in [3.05, 3.63) is 18.2 Å². The van der Waals surface area contributed by atoms with Gasteiger partial charge >= 0.3 is 6.03 Å². The highest BCUT2D eigenvalue weighted by atomic mass is 35.7. The molecule has 0 atom stereocenters. The Morgan fingerprint density at radius 3 is 2.67 bits per heavy atom. The van der Waals surface area contributed by atoms with Crippen molar-refractivity contribution in [1.82, 2.24) is 5.32 Å². The summed E-state index contributed by atoms with van der Waals surface area (Å²) < 4.78 is 33.0. The second kappa shape index (κ2) is 8.06. The van der Waals surface area contributed by atoms with E-state index in [-0.39, 0.29) is 16.3 Å². The lowest BCUT2D eigenvalue weighted by Crippen LogP contribution is -2.31. The Balaban J connectivity index is 2.88. The van der Waals surface area contributed by atoms with Gasteiger partial charge in [-0.25, -0.2) is 13.2 Å². The lowest BCUT2D eigenvalue weighted by atomic mass is 10.3. The molecule has 0 heterocycles. The van der Waals surface area contributed by atoms with Crippen molar-refractivity contribution in [2.75, 3.05) is 32.2 Å². The number of hydrogen-bond acceptors (Lipinski definition) is 5. The zero-order chi connectivity index (χ0) is 15.9. The SMILES string of the molecule is CCOc1ccc(NC(=O)NCCOC)cc1S(=O)(=O)Cl. The molecule has 1 aromatic rings. The number of anilines is 1. The van der Waals surface area contributed by atoms with Gasteiger partial charge in [0.2, 0.25) is 0 Å². The van der Waals surface area contributed by atoms with Gasteiger partial charge in [0.1, 0.15) is 10.6 Å². The van der Waals surface area contributed by atoms with Gasteiger partial charge in [0.25, 0.3) is 9.05 Å². The monoisotopic (exact) mass is 336 g/mol. The van der Waals surface area contributed by atoms with Crippen LogP contribution in [0.3, 0.4) is 0 Å². The summed E-state index contributed by atoms with van der Waals surface area (Å²) in [6.45, 7) is 2.72. The first-order valence-electron chi connectivity index (χ1n) is 6.13. The smallest absolute Gasteiger partial charge is 0.319 e. The van der Waals surface area contributed by atoms with Gasteiger partial charge in [-0.05, 0) is 25.1 Å². The van der Waals surface area contributed by atoms with Gasteiger partial charge in [-0.15, -0.1) is 0 Å². The van der Waals surface area contributed by atoms with E-state index < -0.39 is 15.1 Å². The molecule has 0 aliphatic carbocycles. The average Bonchev–Trinajstić information content (AvgIpc) is 2.40. The molecule has 1 aromatic carbocycles. The van der Waals surface area contributed by atoms with E-state index in [9.17, 15) is 13.2 Å². The highest BCUT2D eigenvalue weighted by Crippen LogP contribution is 2.29. The van der Waals surface area contributed by atoms with E-state index >= 15 is 0 Å². The van der Waals surface area contributed by atoms with Gasteiger partial charge in [-0.1, -0.05) is 0 Å². The summed E-state index contributed by atoms with van der Waals surface area (Å²) in [5, 5.41) is 5.04. The van der Waals surface area contributed by atoms with Crippen LogP contribution in [0.25, 0.3) is 0 Å². The van der Waals surface area contributed by atoms with E-state index in [4.69, 9.17) is 20.2 Å². The van der Waals surface area contributed by atoms with Gasteiger partial charge in [0.15, 0.2) is 0 Å². The fourth-order valence-corrected chi connectivity index (χ4v) is 2.49. The first-order chi connectivity index (χ1) is 9.88. The van der Waals surface area contributed by atoms with Gasteiger partial charge in [-0.2, -0.15) is 0 Å². The predicted octanol–water partition coefficient (Wildman–Crippen LogP) is 1.78. The van der Waals surface area contributed by atoms with Gasteiger partial charge in [0, 0.05) is 30.0 Å². The third kappa shape index (κ3) is 5.78. The topological polar surface area (TPSA) is 93.7 Å². The molecule has 9 heteroatoms. The van der Waals surface area contributed by atoms with Crippen LogP contribution in [0.1, 0.15) is 6.92 Å². The third-order valence-corrected chi connectivity index (χ3v) is 3.70. The quantitative estimate of drug-likeness (QED) is 0.584. The number of halogens is 1. The van der Waals surface area contributed by atoms with E-state index in [0.717, 1.165) is 0 Å². The van der Waals surface area contributed by atoms with Crippen molar-refractivity contribution in [3.8, 4) is 5.75 Å². The number of hydrogen-bond donors (Lipinski definition) is 2. The maximum atomic E-state index is 11.6. The molecule has 0 spiro atoms. The lowest BCUT2D eigenvalue weighted by Gasteiger charge is -2.11. The molecule has 0 radical (unpaired) electrons. The average molecular weight is 337 g/mol. The summed E-state index contributed by atoms with van der Waals surface area (Å²) in [7, 11) is 2.90. The number of ether oxygens (including phenoxy) is 2. The molecular formula is C12H17ClN2O5S. The molecular weight excluding hydrogens is 320 g/mol. The Kier molecular flexibility index (Phi) is 6.73. The Morgan fingerprint density at radius 2 is 2.10 bits per heavy atom. The van der Waals surface area contributed by atoms with Crippen molar-refractivity contribution < 1.29 is 22.7 Å². The summed E-state index contributed by atoms with van der Waals surface area (Å²) in [6.07, 6.45) is 0. The summed E-state index contributed by atoms with van der Waals surface area (Å²) in [6, 6.07) is 3.72. The van der Waals surface area contributed by atoms with Crippen molar-refractivity contribution in [2.24, 2.45) is 0 Å². The largest absolute Gasteiger partial charge is 0.492 e. The highest BCUT2D eigenvalue weighted by molar-refractivity contribution is 8.13. The molecule has 2 N–H and O–H groups in total. The predicted molar refractivity (Wildman–Crippen MR) is 79.5 cm³/mol. The van der Waals surface area contributed by atoms with Gasteiger partial charge < -0.3 is 20.1 Å². The minimum absolute atomic E-state index is 0.137. The first kappa shape index (κ1) is 17.5. The van der Waals surface area contributed by atoms with Crippen molar-refractivity contribution in [3.63, 3.8) is 0 Å². The standard InChI is InChI=1S/C12H17ClN2O5S/c1-3-20-10-5-4-9(8-11(10)21(13,17)18)15-12(16)14-6-7-19-2/h4-5,8H,3,6-7H2,1-2H3,(H2,14,15,16). The van der Waals surface area contributed by atoms with Crippen molar-refractivity contribution in [1.29, 1.82) is 0 Å². The first-order valence-corrected chi connectivity index (χ1v) is 8.44. The highest BCUT2D eigenvalue weighted by Gasteiger charge is 2.18. The number of benzene rings is 1. The fraction of sp³-hybridized carbons (Fsp3) is 0.417. The molecule has 0 saturated carbocycles. The molecule has 2 amide bonds. The number of amides is 2. The number of methoxy groups -OCH3 is 1. The molecule has 0 aliphatic rings. The number of nitrogens with one attached hydrogen (secondary N) is 2. The van der Waals surface area contributed by atoms with E-state index in [1.54, 1.807) is 6.92 Å². The van der Waals surface area contributed by atoms with Crippen LogP contribution in [-0.4, -0.2) is 41.3 Å². The van der Waals surface area contributed by atoms with E-state index in [2.05, 4.69) is 10.6 Å². The molecule has 0 fully saturated rings. The van der Waals surface area contributed by atoms with Crippen LogP contribution in [0.5, 0.6) is 5.75 Å². The van der Waals surface area contributed by atoms with Crippen LogP contribution in [-0.2, 0) is 13.8 Å². The molecule has 0 aliphatic heterocycles. The second-order valence-electron chi connectivity index (χ2n) is 3.91. The number of carbonyl (C=O) groups is 1. The minimum Gasteiger partial charge on any atom is -0.492 e. The maximum Gasteiger partial charge on any atom is 0.319 e. The van der Waals surface area contributed by atoms with Gasteiger partial charge in [-0.3, -0.25) is 0 Å². The Morgan fingerprint density at radius 1 is 1.38 bits per heavy atom. The fourth-order valence-electron chi connectivity index (χ4n) is 1.49. The second-order valence-corrected chi connectivity index (χ2v) is 6.44. The number of rotatable bonds is 7. The molecule has 7 nitrogen and oxygen atoms in total. The molecule has 0 bridgehead atoms. The van der Waals surface area contributed by atoms with E-state index in [0.29, 0.717) is 19.8 Å². The van der Waals surface area contributed by atoms with Crippen LogP contribution in [0, 0.1) is 0 Å². The summed E-state index contributed by atoms with van der Waals surface area (Å²) in [4.78, 5) is 11.4. The molecule has 0 saturated heterocycles.